The highest BCUT2D eigenvalue weighted by Gasteiger charge is 2.25. The van der Waals surface area contributed by atoms with E-state index in [0.717, 1.165) is 17.7 Å². The van der Waals surface area contributed by atoms with Crippen molar-refractivity contribution in [1.29, 1.82) is 0 Å². The first-order chi connectivity index (χ1) is 11.9. The van der Waals surface area contributed by atoms with Crippen LogP contribution in [0.15, 0.2) is 48.7 Å². The van der Waals surface area contributed by atoms with Gasteiger partial charge in [0.05, 0.1) is 18.8 Å². The van der Waals surface area contributed by atoms with Crippen LogP contribution in [0.3, 0.4) is 0 Å². The Morgan fingerprint density at radius 2 is 1.96 bits per heavy atom. The zero-order valence-corrected chi connectivity index (χ0v) is 15.1. The van der Waals surface area contributed by atoms with E-state index < -0.39 is 5.60 Å². The van der Waals surface area contributed by atoms with Crippen LogP contribution in [-0.4, -0.2) is 39.5 Å². The van der Waals surface area contributed by atoms with E-state index in [-0.39, 0.29) is 6.09 Å². The van der Waals surface area contributed by atoms with Gasteiger partial charge in [0.1, 0.15) is 5.60 Å². The molecule has 1 aliphatic heterocycles. The summed E-state index contributed by atoms with van der Waals surface area (Å²) in [6.45, 7) is 7.62. The molecule has 1 aliphatic rings. The molecule has 0 spiro atoms. The standard InChI is InChI=1S/C20H25N3O2/c1-20(2,3)25-19(24)22-13-7-10-17(15-22)18-11-12-21-23(18)14-16-8-5-4-6-9-16/h4-6,8-12H,7,13-15H2,1-3H3. The first kappa shape index (κ1) is 17.3. The SMILES string of the molecule is CC(C)(C)OC(=O)N1CCC=C(c2ccnn2Cc2ccccc2)C1. The fraction of sp³-hybridized carbons (Fsp3) is 0.400. The Morgan fingerprint density at radius 1 is 1.20 bits per heavy atom. The number of ether oxygens (including phenoxy) is 1. The number of carbonyl (C=O) groups excluding carboxylic acids is 1. The highest BCUT2D eigenvalue weighted by Crippen LogP contribution is 2.23. The molecule has 0 saturated heterocycles. The molecule has 132 valence electrons. The fourth-order valence-electron chi connectivity index (χ4n) is 2.90. The minimum Gasteiger partial charge on any atom is -0.444 e. The van der Waals surface area contributed by atoms with E-state index in [9.17, 15) is 4.79 Å². The van der Waals surface area contributed by atoms with Crippen LogP contribution in [0.1, 0.15) is 38.4 Å². The summed E-state index contributed by atoms with van der Waals surface area (Å²) in [7, 11) is 0. The topological polar surface area (TPSA) is 47.4 Å². The molecule has 1 amide bonds. The van der Waals surface area contributed by atoms with Crippen LogP contribution in [0.4, 0.5) is 4.79 Å². The average Bonchev–Trinajstić information content (AvgIpc) is 3.02. The molecule has 0 N–H and O–H groups in total. The van der Waals surface area contributed by atoms with Crippen molar-refractivity contribution in [3.05, 3.63) is 59.9 Å². The maximum absolute atomic E-state index is 12.4. The number of nitrogens with zero attached hydrogens (tertiary/aromatic N) is 3. The van der Waals surface area contributed by atoms with Crippen molar-refractivity contribution in [2.24, 2.45) is 0 Å². The Balaban J connectivity index is 1.73. The van der Waals surface area contributed by atoms with Gasteiger partial charge in [-0.3, -0.25) is 4.68 Å². The second-order valence-electron chi connectivity index (χ2n) is 7.28. The van der Waals surface area contributed by atoms with E-state index in [1.165, 1.54) is 5.56 Å². The number of benzene rings is 1. The lowest BCUT2D eigenvalue weighted by Crippen LogP contribution is -2.39. The zero-order valence-electron chi connectivity index (χ0n) is 15.1. The van der Waals surface area contributed by atoms with Gasteiger partial charge < -0.3 is 9.64 Å². The van der Waals surface area contributed by atoms with Gasteiger partial charge in [-0.05, 0) is 44.4 Å². The lowest BCUT2D eigenvalue weighted by Gasteiger charge is -2.30. The Morgan fingerprint density at radius 3 is 2.68 bits per heavy atom. The molecule has 3 rings (SSSR count). The predicted molar refractivity (Wildman–Crippen MR) is 98.2 cm³/mol. The third-order valence-electron chi connectivity index (χ3n) is 4.02. The Kier molecular flexibility index (Phi) is 4.93. The van der Waals surface area contributed by atoms with Gasteiger partial charge >= 0.3 is 6.09 Å². The van der Waals surface area contributed by atoms with Crippen LogP contribution in [0.2, 0.25) is 0 Å². The van der Waals surface area contributed by atoms with E-state index in [1.807, 2.05) is 55.9 Å². The molecule has 0 unspecified atom stereocenters. The Bertz CT molecular complexity index is 757. The molecule has 5 nitrogen and oxygen atoms in total. The van der Waals surface area contributed by atoms with Crippen LogP contribution < -0.4 is 0 Å². The van der Waals surface area contributed by atoms with E-state index in [0.29, 0.717) is 19.6 Å². The number of rotatable bonds is 3. The largest absolute Gasteiger partial charge is 0.444 e. The second kappa shape index (κ2) is 7.13. The van der Waals surface area contributed by atoms with Crippen molar-refractivity contribution in [3.63, 3.8) is 0 Å². The lowest BCUT2D eigenvalue weighted by molar-refractivity contribution is 0.0273. The maximum atomic E-state index is 12.4. The molecular formula is C20H25N3O2. The summed E-state index contributed by atoms with van der Waals surface area (Å²) in [5, 5.41) is 4.46. The van der Waals surface area contributed by atoms with Gasteiger partial charge in [0.2, 0.25) is 0 Å². The fourth-order valence-corrected chi connectivity index (χ4v) is 2.90. The van der Waals surface area contributed by atoms with E-state index >= 15 is 0 Å². The molecular weight excluding hydrogens is 314 g/mol. The minimum absolute atomic E-state index is 0.257. The summed E-state index contributed by atoms with van der Waals surface area (Å²) in [6.07, 6.45) is 4.57. The van der Waals surface area contributed by atoms with E-state index in [4.69, 9.17) is 4.74 Å². The van der Waals surface area contributed by atoms with Gasteiger partial charge in [0.15, 0.2) is 0 Å². The summed E-state index contributed by atoms with van der Waals surface area (Å²) in [4.78, 5) is 14.1. The summed E-state index contributed by atoms with van der Waals surface area (Å²) >= 11 is 0. The van der Waals surface area contributed by atoms with E-state index in [1.54, 1.807) is 4.90 Å². The van der Waals surface area contributed by atoms with Crippen LogP contribution in [0.5, 0.6) is 0 Å². The molecule has 0 aliphatic carbocycles. The molecule has 1 aromatic heterocycles. The molecule has 5 heteroatoms. The number of hydrogen-bond acceptors (Lipinski definition) is 3. The molecule has 0 atom stereocenters. The summed E-state index contributed by atoms with van der Waals surface area (Å²) < 4.78 is 7.49. The number of amides is 1. The normalized spacial score (nSPS) is 15.0. The third kappa shape index (κ3) is 4.50. The Labute approximate surface area is 148 Å². The van der Waals surface area contributed by atoms with Crippen molar-refractivity contribution in [2.45, 2.75) is 39.3 Å². The van der Waals surface area contributed by atoms with Crippen LogP contribution in [0, 0.1) is 0 Å². The number of aromatic nitrogens is 2. The van der Waals surface area contributed by atoms with Gasteiger partial charge in [-0.2, -0.15) is 5.10 Å². The summed E-state index contributed by atoms with van der Waals surface area (Å²) in [5.41, 5.74) is 2.89. The van der Waals surface area contributed by atoms with E-state index in [2.05, 4.69) is 23.3 Å². The molecule has 0 saturated carbocycles. The van der Waals surface area contributed by atoms with Gasteiger partial charge in [-0.1, -0.05) is 36.4 Å². The van der Waals surface area contributed by atoms with Gasteiger partial charge in [-0.25, -0.2) is 4.79 Å². The molecule has 2 heterocycles. The maximum Gasteiger partial charge on any atom is 0.410 e. The monoisotopic (exact) mass is 339 g/mol. The van der Waals surface area contributed by atoms with Crippen molar-refractivity contribution < 1.29 is 9.53 Å². The van der Waals surface area contributed by atoms with Crippen LogP contribution in [0.25, 0.3) is 5.57 Å². The highest BCUT2D eigenvalue weighted by atomic mass is 16.6. The lowest BCUT2D eigenvalue weighted by atomic mass is 10.1. The smallest absolute Gasteiger partial charge is 0.410 e. The molecule has 1 aromatic carbocycles. The molecule has 0 fully saturated rings. The summed E-state index contributed by atoms with van der Waals surface area (Å²) in [5.74, 6) is 0. The quantitative estimate of drug-likeness (QED) is 0.850. The number of carbonyl (C=O) groups is 1. The van der Waals surface area contributed by atoms with Crippen molar-refractivity contribution in [3.8, 4) is 0 Å². The van der Waals surface area contributed by atoms with Crippen molar-refractivity contribution in [1.82, 2.24) is 14.7 Å². The third-order valence-corrected chi connectivity index (χ3v) is 4.02. The predicted octanol–water partition coefficient (Wildman–Crippen LogP) is 3.96. The average molecular weight is 339 g/mol. The van der Waals surface area contributed by atoms with Gasteiger partial charge in [-0.15, -0.1) is 0 Å². The first-order valence-corrected chi connectivity index (χ1v) is 8.65. The molecule has 2 aromatic rings. The zero-order chi connectivity index (χ0) is 17.9. The first-order valence-electron chi connectivity index (χ1n) is 8.65. The Hall–Kier alpha value is -2.56. The van der Waals surface area contributed by atoms with Crippen LogP contribution in [-0.2, 0) is 11.3 Å². The van der Waals surface area contributed by atoms with Gasteiger partial charge in [0, 0.05) is 12.7 Å². The molecule has 25 heavy (non-hydrogen) atoms. The summed E-state index contributed by atoms with van der Waals surface area (Å²) in [6, 6.07) is 12.3. The minimum atomic E-state index is -0.479. The number of hydrogen-bond donors (Lipinski definition) is 0. The van der Waals surface area contributed by atoms with Gasteiger partial charge in [0.25, 0.3) is 0 Å². The molecule has 0 radical (unpaired) electrons. The second-order valence-corrected chi connectivity index (χ2v) is 7.28. The highest BCUT2D eigenvalue weighted by molar-refractivity contribution is 5.74. The molecule has 0 bridgehead atoms. The van der Waals surface area contributed by atoms with Crippen molar-refractivity contribution in [2.75, 3.05) is 13.1 Å². The van der Waals surface area contributed by atoms with Crippen LogP contribution >= 0.6 is 0 Å². The van der Waals surface area contributed by atoms with Crippen molar-refractivity contribution >= 4 is 11.7 Å².